The van der Waals surface area contributed by atoms with Gasteiger partial charge >= 0.3 is 0 Å². The van der Waals surface area contributed by atoms with Gasteiger partial charge in [0.25, 0.3) is 11.5 Å². The lowest BCUT2D eigenvalue weighted by Gasteiger charge is -2.35. The lowest BCUT2D eigenvalue weighted by molar-refractivity contribution is 0.0599. The van der Waals surface area contributed by atoms with Crippen LogP contribution in [0.4, 0.5) is 0 Å². The van der Waals surface area contributed by atoms with Gasteiger partial charge in [0.15, 0.2) is 0 Å². The fraction of sp³-hybridized carbons (Fsp3) is 0.350. The SMILES string of the molecule is O=C(c1cnc2ccccn2c1=O)N1CCCC[C@H]1CCc1cccs1. The first-order chi connectivity index (χ1) is 12.7. The largest absolute Gasteiger partial charge is 0.335 e. The predicted molar refractivity (Wildman–Crippen MR) is 103 cm³/mol. The molecule has 1 aliphatic heterocycles. The lowest BCUT2D eigenvalue weighted by atomic mass is 9.97. The fourth-order valence-electron chi connectivity index (χ4n) is 3.66. The summed E-state index contributed by atoms with van der Waals surface area (Å²) in [5, 5.41) is 2.08. The summed E-state index contributed by atoms with van der Waals surface area (Å²) in [6, 6.07) is 9.75. The van der Waals surface area contributed by atoms with Crippen molar-refractivity contribution >= 4 is 22.9 Å². The molecule has 1 saturated heterocycles. The van der Waals surface area contributed by atoms with E-state index >= 15 is 0 Å². The van der Waals surface area contributed by atoms with Gasteiger partial charge in [-0.05, 0) is 55.7 Å². The number of aryl methyl sites for hydroxylation is 1. The Balaban J connectivity index is 1.59. The standard InChI is InChI=1S/C20H21N3O2S/c24-19(17-14-21-18-8-2-4-12-23(18)20(17)25)22-11-3-1-6-15(22)9-10-16-7-5-13-26-16/h2,4-5,7-8,12-15H,1,3,6,9-11H2/t15-/m0/s1. The topological polar surface area (TPSA) is 54.7 Å². The molecular weight excluding hydrogens is 346 g/mol. The summed E-state index contributed by atoms with van der Waals surface area (Å²) in [5.74, 6) is -0.184. The minimum Gasteiger partial charge on any atom is -0.335 e. The van der Waals surface area contributed by atoms with Crippen LogP contribution in [-0.4, -0.2) is 32.8 Å². The molecule has 26 heavy (non-hydrogen) atoms. The van der Waals surface area contributed by atoms with Gasteiger partial charge in [-0.15, -0.1) is 11.3 Å². The number of carbonyl (C=O) groups is 1. The van der Waals surface area contributed by atoms with Crippen molar-refractivity contribution in [2.24, 2.45) is 0 Å². The fourth-order valence-corrected chi connectivity index (χ4v) is 4.38. The van der Waals surface area contributed by atoms with E-state index in [-0.39, 0.29) is 23.1 Å². The zero-order valence-corrected chi connectivity index (χ0v) is 15.3. The van der Waals surface area contributed by atoms with Crippen LogP contribution in [0.3, 0.4) is 0 Å². The van der Waals surface area contributed by atoms with Crippen LogP contribution in [0.25, 0.3) is 5.65 Å². The molecular formula is C20H21N3O2S. The molecule has 1 aliphatic rings. The quantitative estimate of drug-likeness (QED) is 0.710. The minimum absolute atomic E-state index is 0.164. The third kappa shape index (κ3) is 3.29. The Bertz CT molecular complexity index is 965. The number of likely N-dealkylation sites (tertiary alicyclic amines) is 1. The van der Waals surface area contributed by atoms with Crippen molar-refractivity contribution in [2.45, 2.75) is 38.1 Å². The van der Waals surface area contributed by atoms with Crippen molar-refractivity contribution in [3.05, 3.63) is 68.9 Å². The van der Waals surface area contributed by atoms with E-state index in [4.69, 9.17) is 0 Å². The number of aromatic nitrogens is 2. The van der Waals surface area contributed by atoms with Gasteiger partial charge in [-0.25, -0.2) is 4.98 Å². The molecule has 3 aromatic rings. The maximum Gasteiger partial charge on any atom is 0.270 e. The number of hydrogen-bond acceptors (Lipinski definition) is 4. The van der Waals surface area contributed by atoms with Crippen LogP contribution < -0.4 is 5.56 Å². The molecule has 0 spiro atoms. The molecule has 4 rings (SSSR count). The highest BCUT2D eigenvalue weighted by Gasteiger charge is 2.29. The van der Waals surface area contributed by atoms with Crippen molar-refractivity contribution in [2.75, 3.05) is 6.54 Å². The molecule has 6 heteroatoms. The monoisotopic (exact) mass is 367 g/mol. The average molecular weight is 367 g/mol. The zero-order valence-electron chi connectivity index (χ0n) is 14.5. The van der Waals surface area contributed by atoms with E-state index in [1.807, 2.05) is 11.0 Å². The van der Waals surface area contributed by atoms with Gasteiger partial charge < -0.3 is 4.90 Å². The first-order valence-corrected chi connectivity index (χ1v) is 9.92. The van der Waals surface area contributed by atoms with Gasteiger partial charge in [0.2, 0.25) is 0 Å². The molecule has 1 fully saturated rings. The first kappa shape index (κ1) is 17.0. The van der Waals surface area contributed by atoms with Crippen LogP contribution in [0.2, 0.25) is 0 Å². The highest BCUT2D eigenvalue weighted by Crippen LogP contribution is 2.24. The van der Waals surface area contributed by atoms with E-state index < -0.39 is 0 Å². The Hall–Kier alpha value is -2.47. The summed E-state index contributed by atoms with van der Waals surface area (Å²) in [6.07, 6.45) is 8.13. The van der Waals surface area contributed by atoms with Crippen LogP contribution in [0.1, 0.15) is 40.9 Å². The number of amides is 1. The normalized spacial score (nSPS) is 17.5. The molecule has 0 unspecified atom stereocenters. The summed E-state index contributed by atoms with van der Waals surface area (Å²) in [7, 11) is 0. The van der Waals surface area contributed by atoms with Crippen molar-refractivity contribution in [3.8, 4) is 0 Å². The molecule has 0 aromatic carbocycles. The maximum absolute atomic E-state index is 13.1. The number of fused-ring (bicyclic) bond motifs is 1. The summed E-state index contributed by atoms with van der Waals surface area (Å²) in [6.45, 7) is 0.713. The molecule has 0 aliphatic carbocycles. The number of pyridine rings is 1. The molecule has 1 atom stereocenters. The molecule has 0 N–H and O–H groups in total. The lowest BCUT2D eigenvalue weighted by Crippen LogP contribution is -2.45. The smallest absolute Gasteiger partial charge is 0.270 e. The third-order valence-electron chi connectivity index (χ3n) is 5.04. The number of hydrogen-bond donors (Lipinski definition) is 0. The third-order valence-corrected chi connectivity index (χ3v) is 5.97. The van der Waals surface area contributed by atoms with Gasteiger partial charge in [0, 0.05) is 29.9 Å². The molecule has 134 valence electrons. The molecule has 5 nitrogen and oxygen atoms in total. The van der Waals surface area contributed by atoms with E-state index in [0.29, 0.717) is 12.2 Å². The van der Waals surface area contributed by atoms with E-state index in [2.05, 4.69) is 22.5 Å². The Labute approximate surface area is 155 Å². The van der Waals surface area contributed by atoms with Crippen LogP contribution in [-0.2, 0) is 6.42 Å². The van der Waals surface area contributed by atoms with Crippen LogP contribution >= 0.6 is 11.3 Å². The van der Waals surface area contributed by atoms with Gasteiger partial charge in [-0.2, -0.15) is 0 Å². The van der Waals surface area contributed by atoms with Gasteiger partial charge in [0.1, 0.15) is 11.2 Å². The number of rotatable bonds is 4. The van der Waals surface area contributed by atoms with Gasteiger partial charge in [-0.1, -0.05) is 12.1 Å². The van der Waals surface area contributed by atoms with E-state index in [0.717, 1.165) is 32.1 Å². The van der Waals surface area contributed by atoms with E-state index in [9.17, 15) is 9.59 Å². The number of piperidine rings is 1. The van der Waals surface area contributed by atoms with E-state index in [1.54, 1.807) is 29.7 Å². The molecule has 3 aromatic heterocycles. The summed E-state index contributed by atoms with van der Waals surface area (Å²) in [5.41, 5.74) is 0.432. The summed E-state index contributed by atoms with van der Waals surface area (Å²) >= 11 is 1.75. The van der Waals surface area contributed by atoms with Crippen molar-refractivity contribution in [1.82, 2.24) is 14.3 Å². The Kier molecular flexibility index (Phi) is 4.84. The van der Waals surface area contributed by atoms with Crippen LogP contribution in [0.5, 0.6) is 0 Å². The number of thiophene rings is 1. The van der Waals surface area contributed by atoms with Crippen LogP contribution in [0.15, 0.2) is 52.9 Å². The first-order valence-electron chi connectivity index (χ1n) is 9.04. The predicted octanol–water partition coefficient (Wildman–Crippen LogP) is 3.38. The minimum atomic E-state index is -0.289. The Morgan fingerprint density at radius 3 is 3.00 bits per heavy atom. The number of nitrogens with zero attached hydrogens (tertiary/aromatic N) is 3. The van der Waals surface area contributed by atoms with Crippen LogP contribution in [0, 0.1) is 0 Å². The second kappa shape index (κ2) is 7.41. The molecule has 0 bridgehead atoms. The van der Waals surface area contributed by atoms with E-state index in [1.165, 1.54) is 15.5 Å². The molecule has 4 heterocycles. The van der Waals surface area contributed by atoms with Crippen molar-refractivity contribution < 1.29 is 4.79 Å². The molecule has 1 amide bonds. The highest BCUT2D eigenvalue weighted by molar-refractivity contribution is 7.09. The summed E-state index contributed by atoms with van der Waals surface area (Å²) < 4.78 is 1.44. The van der Waals surface area contributed by atoms with Gasteiger partial charge in [-0.3, -0.25) is 14.0 Å². The highest BCUT2D eigenvalue weighted by atomic mass is 32.1. The molecule has 0 radical (unpaired) electrons. The molecule has 0 saturated carbocycles. The Morgan fingerprint density at radius 1 is 1.23 bits per heavy atom. The van der Waals surface area contributed by atoms with Crippen molar-refractivity contribution in [3.63, 3.8) is 0 Å². The maximum atomic E-state index is 13.1. The summed E-state index contributed by atoms with van der Waals surface area (Å²) in [4.78, 5) is 33.4. The zero-order chi connectivity index (χ0) is 17.9. The Morgan fingerprint density at radius 2 is 2.15 bits per heavy atom. The van der Waals surface area contributed by atoms with Crippen molar-refractivity contribution in [1.29, 1.82) is 0 Å². The second-order valence-corrected chi connectivity index (χ2v) is 7.70. The second-order valence-electron chi connectivity index (χ2n) is 6.67. The average Bonchev–Trinajstić information content (AvgIpc) is 3.20. The van der Waals surface area contributed by atoms with Gasteiger partial charge in [0.05, 0.1) is 0 Å². The number of carbonyl (C=O) groups excluding carboxylic acids is 1.